The maximum absolute atomic E-state index is 4.82. The van der Waals surface area contributed by atoms with Gasteiger partial charge in [-0.25, -0.2) is 5.48 Å². The SMILES string of the molecule is CONc1nnc(C)c2ccccc12. The van der Waals surface area contributed by atoms with Gasteiger partial charge < -0.3 is 0 Å². The van der Waals surface area contributed by atoms with Crippen molar-refractivity contribution in [1.29, 1.82) is 0 Å². The summed E-state index contributed by atoms with van der Waals surface area (Å²) in [6, 6.07) is 7.94. The molecule has 0 aliphatic carbocycles. The third-order valence-corrected chi connectivity index (χ3v) is 2.07. The Morgan fingerprint density at radius 1 is 1.14 bits per heavy atom. The van der Waals surface area contributed by atoms with Crippen LogP contribution in [0.3, 0.4) is 0 Å². The second-order valence-electron chi connectivity index (χ2n) is 2.99. The van der Waals surface area contributed by atoms with Gasteiger partial charge in [-0.2, -0.15) is 5.10 Å². The molecule has 2 rings (SSSR count). The van der Waals surface area contributed by atoms with Crippen molar-refractivity contribution in [3.05, 3.63) is 30.0 Å². The minimum Gasteiger partial charge on any atom is -0.278 e. The fourth-order valence-electron chi connectivity index (χ4n) is 1.41. The van der Waals surface area contributed by atoms with E-state index in [1.807, 2.05) is 31.2 Å². The van der Waals surface area contributed by atoms with Crippen molar-refractivity contribution in [2.24, 2.45) is 0 Å². The average molecular weight is 189 g/mol. The zero-order chi connectivity index (χ0) is 9.97. The fraction of sp³-hybridized carbons (Fsp3) is 0.200. The van der Waals surface area contributed by atoms with Gasteiger partial charge in [0.15, 0.2) is 5.82 Å². The van der Waals surface area contributed by atoms with E-state index in [4.69, 9.17) is 4.84 Å². The standard InChI is InChI=1S/C10H11N3O/c1-7-8-5-3-4-6-9(8)10(12-11-7)13-14-2/h3-6H,1-2H3,(H,12,13). The van der Waals surface area contributed by atoms with Crippen molar-refractivity contribution >= 4 is 16.6 Å². The molecular formula is C10H11N3O. The number of aromatic nitrogens is 2. The van der Waals surface area contributed by atoms with E-state index in [9.17, 15) is 0 Å². The molecule has 0 atom stereocenters. The van der Waals surface area contributed by atoms with Gasteiger partial charge in [-0.3, -0.25) is 4.84 Å². The van der Waals surface area contributed by atoms with Crippen LogP contribution in [0.1, 0.15) is 5.69 Å². The highest BCUT2D eigenvalue weighted by Gasteiger charge is 2.04. The van der Waals surface area contributed by atoms with Gasteiger partial charge in [0.05, 0.1) is 12.8 Å². The quantitative estimate of drug-likeness (QED) is 0.733. The summed E-state index contributed by atoms with van der Waals surface area (Å²) < 4.78 is 0. The normalized spacial score (nSPS) is 10.4. The van der Waals surface area contributed by atoms with Gasteiger partial charge in [-0.15, -0.1) is 5.10 Å². The smallest absolute Gasteiger partial charge is 0.180 e. The number of hydrogen-bond acceptors (Lipinski definition) is 4. The second kappa shape index (κ2) is 3.59. The minimum atomic E-state index is 0.647. The second-order valence-corrected chi connectivity index (χ2v) is 2.99. The molecule has 0 aliphatic heterocycles. The first kappa shape index (κ1) is 8.90. The molecule has 1 aromatic carbocycles. The van der Waals surface area contributed by atoms with Crippen LogP contribution in [0.2, 0.25) is 0 Å². The van der Waals surface area contributed by atoms with Crippen molar-refractivity contribution in [1.82, 2.24) is 10.2 Å². The topological polar surface area (TPSA) is 47.0 Å². The van der Waals surface area contributed by atoms with E-state index in [-0.39, 0.29) is 0 Å². The van der Waals surface area contributed by atoms with Crippen LogP contribution in [-0.2, 0) is 4.84 Å². The highest BCUT2D eigenvalue weighted by Crippen LogP contribution is 2.21. The summed E-state index contributed by atoms with van der Waals surface area (Å²) in [5.41, 5.74) is 3.62. The Bertz CT molecular complexity index is 456. The monoisotopic (exact) mass is 189 g/mol. The summed E-state index contributed by atoms with van der Waals surface area (Å²) in [6.07, 6.45) is 0. The first-order chi connectivity index (χ1) is 6.83. The van der Waals surface area contributed by atoms with E-state index < -0.39 is 0 Å². The molecule has 4 heteroatoms. The number of rotatable bonds is 2. The number of nitrogens with one attached hydrogen (secondary N) is 1. The summed E-state index contributed by atoms with van der Waals surface area (Å²) in [6.45, 7) is 1.94. The molecule has 1 N–H and O–H groups in total. The van der Waals surface area contributed by atoms with Crippen molar-refractivity contribution in [2.75, 3.05) is 12.6 Å². The Labute approximate surface area is 81.9 Å². The van der Waals surface area contributed by atoms with Crippen LogP contribution in [0.5, 0.6) is 0 Å². The van der Waals surface area contributed by atoms with E-state index in [0.717, 1.165) is 16.5 Å². The third kappa shape index (κ3) is 1.40. The fourth-order valence-corrected chi connectivity index (χ4v) is 1.41. The van der Waals surface area contributed by atoms with Gasteiger partial charge in [-0.1, -0.05) is 24.3 Å². The molecule has 1 aromatic heterocycles. The Hall–Kier alpha value is -1.68. The highest BCUT2D eigenvalue weighted by atomic mass is 16.6. The molecule has 4 nitrogen and oxygen atoms in total. The van der Waals surface area contributed by atoms with E-state index in [2.05, 4.69) is 15.7 Å². The molecule has 2 aromatic rings. The maximum atomic E-state index is 4.82. The van der Waals surface area contributed by atoms with Crippen LogP contribution < -0.4 is 5.48 Å². The first-order valence-corrected chi connectivity index (χ1v) is 4.34. The summed E-state index contributed by atoms with van der Waals surface area (Å²) in [5, 5.41) is 10.1. The predicted molar refractivity (Wildman–Crippen MR) is 54.9 cm³/mol. The maximum Gasteiger partial charge on any atom is 0.180 e. The number of nitrogens with zero attached hydrogens (tertiary/aromatic N) is 2. The zero-order valence-corrected chi connectivity index (χ0v) is 8.11. The van der Waals surface area contributed by atoms with Crippen LogP contribution in [0.15, 0.2) is 24.3 Å². The summed E-state index contributed by atoms with van der Waals surface area (Å²) in [7, 11) is 1.55. The highest BCUT2D eigenvalue weighted by molar-refractivity contribution is 5.92. The number of fused-ring (bicyclic) bond motifs is 1. The lowest BCUT2D eigenvalue weighted by molar-refractivity contribution is 0.269. The molecule has 0 saturated heterocycles. The lowest BCUT2D eigenvalue weighted by Crippen LogP contribution is -2.01. The lowest BCUT2D eigenvalue weighted by atomic mass is 10.1. The van der Waals surface area contributed by atoms with Crippen LogP contribution in [0, 0.1) is 6.92 Å². The predicted octanol–water partition coefficient (Wildman–Crippen LogP) is 1.91. The van der Waals surface area contributed by atoms with Gasteiger partial charge >= 0.3 is 0 Å². The van der Waals surface area contributed by atoms with E-state index in [1.54, 1.807) is 7.11 Å². The van der Waals surface area contributed by atoms with Crippen molar-refractivity contribution in [3.63, 3.8) is 0 Å². The molecule has 72 valence electrons. The number of hydrogen-bond donors (Lipinski definition) is 1. The largest absolute Gasteiger partial charge is 0.278 e. The van der Waals surface area contributed by atoms with Gasteiger partial charge in [-0.05, 0) is 6.92 Å². The van der Waals surface area contributed by atoms with Crippen LogP contribution >= 0.6 is 0 Å². The molecule has 0 unspecified atom stereocenters. The van der Waals surface area contributed by atoms with E-state index in [0.29, 0.717) is 5.82 Å². The van der Waals surface area contributed by atoms with Crippen LogP contribution in [-0.4, -0.2) is 17.3 Å². The summed E-state index contributed by atoms with van der Waals surface area (Å²) in [4.78, 5) is 4.82. The third-order valence-electron chi connectivity index (χ3n) is 2.07. The van der Waals surface area contributed by atoms with E-state index in [1.165, 1.54) is 0 Å². The first-order valence-electron chi connectivity index (χ1n) is 4.34. The Morgan fingerprint density at radius 3 is 2.57 bits per heavy atom. The number of anilines is 1. The number of benzene rings is 1. The van der Waals surface area contributed by atoms with Crippen LogP contribution in [0.4, 0.5) is 5.82 Å². The molecule has 0 amide bonds. The molecule has 0 aliphatic rings. The summed E-state index contributed by atoms with van der Waals surface area (Å²) >= 11 is 0. The molecule has 0 fully saturated rings. The molecule has 0 spiro atoms. The Balaban J connectivity index is 2.68. The van der Waals surface area contributed by atoms with E-state index >= 15 is 0 Å². The Kier molecular flexibility index (Phi) is 2.28. The molecule has 0 saturated carbocycles. The van der Waals surface area contributed by atoms with Gasteiger partial charge in [0, 0.05) is 10.8 Å². The molecule has 0 radical (unpaired) electrons. The molecular weight excluding hydrogens is 178 g/mol. The Morgan fingerprint density at radius 2 is 1.86 bits per heavy atom. The molecule has 0 bridgehead atoms. The number of aryl methyl sites for hydroxylation is 1. The zero-order valence-electron chi connectivity index (χ0n) is 8.11. The van der Waals surface area contributed by atoms with Gasteiger partial charge in [0.1, 0.15) is 0 Å². The van der Waals surface area contributed by atoms with Crippen molar-refractivity contribution in [2.45, 2.75) is 6.92 Å². The van der Waals surface area contributed by atoms with Gasteiger partial charge in [0.2, 0.25) is 0 Å². The lowest BCUT2D eigenvalue weighted by Gasteiger charge is -2.06. The summed E-state index contributed by atoms with van der Waals surface area (Å²) in [5.74, 6) is 0.647. The minimum absolute atomic E-state index is 0.647. The average Bonchev–Trinajstić information content (AvgIpc) is 2.23. The van der Waals surface area contributed by atoms with Crippen molar-refractivity contribution < 1.29 is 4.84 Å². The molecule has 14 heavy (non-hydrogen) atoms. The van der Waals surface area contributed by atoms with Crippen molar-refractivity contribution in [3.8, 4) is 0 Å². The van der Waals surface area contributed by atoms with Crippen LogP contribution in [0.25, 0.3) is 10.8 Å². The molecule has 1 heterocycles. The van der Waals surface area contributed by atoms with Gasteiger partial charge in [0.25, 0.3) is 0 Å².